The van der Waals surface area contributed by atoms with Crippen LogP contribution >= 0.6 is 0 Å². The molecule has 0 aromatic heterocycles. The minimum absolute atomic E-state index is 0.205. The van der Waals surface area contributed by atoms with Crippen LogP contribution in [-0.4, -0.2) is 54.3 Å². The second-order valence-electron chi connectivity index (χ2n) is 9.61. The Labute approximate surface area is 149 Å². The van der Waals surface area contributed by atoms with Gasteiger partial charge >= 0.3 is 0 Å². The number of ketones is 1. The first-order valence-electron chi connectivity index (χ1n) is 10.4. The molecule has 0 aromatic carbocycles. The summed E-state index contributed by atoms with van der Waals surface area (Å²) in [5, 5.41) is 0. The molecule has 3 fully saturated rings. The third kappa shape index (κ3) is 4.04. The van der Waals surface area contributed by atoms with Crippen LogP contribution in [0.1, 0.15) is 66.2 Å². The lowest BCUT2D eigenvalue weighted by atomic mass is 9.55. The van der Waals surface area contributed by atoms with E-state index in [1.54, 1.807) is 0 Å². The summed E-state index contributed by atoms with van der Waals surface area (Å²) < 4.78 is 0. The van der Waals surface area contributed by atoms with E-state index in [4.69, 9.17) is 0 Å². The normalized spacial score (nSPS) is 26.1. The number of rotatable bonds is 7. The fraction of sp³-hybridized carbons (Fsp3) is 0.952. The Morgan fingerprint density at radius 1 is 1.08 bits per heavy atom. The molecule has 0 bridgehead atoms. The van der Waals surface area contributed by atoms with E-state index in [2.05, 4.69) is 23.6 Å². The van der Waals surface area contributed by atoms with E-state index >= 15 is 0 Å². The van der Waals surface area contributed by atoms with Crippen LogP contribution in [0, 0.1) is 23.2 Å². The van der Waals surface area contributed by atoms with Crippen LogP contribution in [0.2, 0.25) is 0 Å². The van der Waals surface area contributed by atoms with Crippen molar-refractivity contribution in [3.63, 3.8) is 0 Å². The number of hydrogen-bond donors (Lipinski definition) is 0. The van der Waals surface area contributed by atoms with Gasteiger partial charge in [0.05, 0.1) is 0 Å². The summed E-state index contributed by atoms with van der Waals surface area (Å²) in [6, 6.07) is 0.835. The van der Waals surface area contributed by atoms with Gasteiger partial charge in [-0.1, -0.05) is 27.7 Å². The number of piperidine rings is 1. The van der Waals surface area contributed by atoms with Crippen molar-refractivity contribution in [2.24, 2.45) is 23.2 Å². The molecule has 0 amide bonds. The minimum Gasteiger partial charge on any atom is -0.303 e. The van der Waals surface area contributed by atoms with Crippen LogP contribution < -0.4 is 0 Å². The Kier molecular flexibility index (Phi) is 5.71. The van der Waals surface area contributed by atoms with Gasteiger partial charge < -0.3 is 4.90 Å². The molecule has 0 aromatic rings. The van der Waals surface area contributed by atoms with Crippen molar-refractivity contribution >= 4 is 5.78 Å². The van der Waals surface area contributed by atoms with E-state index in [1.165, 1.54) is 51.9 Å². The summed E-state index contributed by atoms with van der Waals surface area (Å²) in [6.07, 6.45) is 7.46. The topological polar surface area (TPSA) is 23.6 Å². The highest BCUT2D eigenvalue weighted by atomic mass is 16.1. The number of hydrogen-bond acceptors (Lipinski definition) is 3. The predicted molar refractivity (Wildman–Crippen MR) is 100 cm³/mol. The zero-order valence-electron chi connectivity index (χ0n) is 16.4. The standard InChI is InChI=1S/C21H38N2O/c1-16(2)18-12-21(13-18)14-23(15-21)19-7-10-22(11-8-19)9-5-6-20(24)17(3)4/h16-19H,5-15H2,1-4H3. The smallest absolute Gasteiger partial charge is 0.135 e. The Morgan fingerprint density at radius 2 is 1.71 bits per heavy atom. The number of likely N-dealkylation sites (tertiary alicyclic amines) is 2. The molecule has 3 nitrogen and oxygen atoms in total. The SMILES string of the molecule is CC(C)C(=O)CCCN1CCC(N2CC3(CC(C(C)C)C3)C2)CC1. The Bertz CT molecular complexity index is 423. The van der Waals surface area contributed by atoms with Gasteiger partial charge in [-0.15, -0.1) is 0 Å². The lowest BCUT2D eigenvalue weighted by Crippen LogP contribution is -2.66. The molecule has 2 saturated heterocycles. The largest absolute Gasteiger partial charge is 0.303 e. The van der Waals surface area contributed by atoms with Gasteiger partial charge in [0.1, 0.15) is 5.78 Å². The summed E-state index contributed by atoms with van der Waals surface area (Å²) in [5.74, 6) is 2.52. The molecule has 1 spiro atoms. The fourth-order valence-electron chi connectivity index (χ4n) is 5.13. The van der Waals surface area contributed by atoms with Crippen molar-refractivity contribution in [3.8, 4) is 0 Å². The Balaban J connectivity index is 1.29. The van der Waals surface area contributed by atoms with Crippen LogP contribution in [-0.2, 0) is 4.79 Å². The summed E-state index contributed by atoms with van der Waals surface area (Å²) in [7, 11) is 0. The molecule has 0 radical (unpaired) electrons. The number of nitrogens with zero attached hydrogens (tertiary/aromatic N) is 2. The van der Waals surface area contributed by atoms with Crippen LogP contribution in [0.5, 0.6) is 0 Å². The average molecular weight is 335 g/mol. The van der Waals surface area contributed by atoms with E-state index in [0.717, 1.165) is 42.7 Å². The van der Waals surface area contributed by atoms with Gasteiger partial charge in [-0.05, 0) is 69.0 Å². The molecule has 3 rings (SSSR count). The molecule has 1 saturated carbocycles. The molecule has 3 heteroatoms. The maximum absolute atomic E-state index is 11.7. The average Bonchev–Trinajstić information content (AvgIpc) is 2.45. The first-order valence-corrected chi connectivity index (χ1v) is 10.4. The predicted octanol–water partition coefficient (Wildman–Crippen LogP) is 3.82. The highest BCUT2D eigenvalue weighted by Gasteiger charge is 2.53. The molecule has 24 heavy (non-hydrogen) atoms. The molecule has 1 aliphatic carbocycles. The van der Waals surface area contributed by atoms with Crippen LogP contribution in [0.15, 0.2) is 0 Å². The molecule has 0 unspecified atom stereocenters. The Morgan fingerprint density at radius 3 is 2.25 bits per heavy atom. The molecule has 0 N–H and O–H groups in total. The highest BCUT2D eigenvalue weighted by Crippen LogP contribution is 2.55. The van der Waals surface area contributed by atoms with Crippen molar-refractivity contribution in [1.29, 1.82) is 0 Å². The molecule has 138 valence electrons. The first-order chi connectivity index (χ1) is 11.4. The van der Waals surface area contributed by atoms with Crippen LogP contribution in [0.3, 0.4) is 0 Å². The highest BCUT2D eigenvalue weighted by molar-refractivity contribution is 5.80. The lowest BCUT2D eigenvalue weighted by molar-refractivity contribution is -0.129. The van der Waals surface area contributed by atoms with Crippen LogP contribution in [0.25, 0.3) is 0 Å². The molecule has 2 aliphatic heterocycles. The van der Waals surface area contributed by atoms with Gasteiger partial charge in [0, 0.05) is 31.5 Å². The molecular weight excluding hydrogens is 296 g/mol. The van der Waals surface area contributed by atoms with Crippen molar-refractivity contribution < 1.29 is 4.79 Å². The fourth-order valence-corrected chi connectivity index (χ4v) is 5.13. The first kappa shape index (κ1) is 18.4. The van der Waals surface area contributed by atoms with E-state index < -0.39 is 0 Å². The van der Waals surface area contributed by atoms with Gasteiger partial charge in [-0.25, -0.2) is 0 Å². The van der Waals surface area contributed by atoms with Gasteiger partial charge in [-0.2, -0.15) is 0 Å². The van der Waals surface area contributed by atoms with E-state index in [1.807, 2.05) is 13.8 Å². The number of carbonyl (C=O) groups excluding carboxylic acids is 1. The lowest BCUT2D eigenvalue weighted by Gasteiger charge is -2.62. The summed E-state index contributed by atoms with van der Waals surface area (Å²) in [6.45, 7) is 15.1. The van der Waals surface area contributed by atoms with E-state index in [0.29, 0.717) is 5.78 Å². The van der Waals surface area contributed by atoms with Crippen LogP contribution in [0.4, 0.5) is 0 Å². The number of carbonyl (C=O) groups is 1. The third-order valence-electron chi connectivity index (χ3n) is 7.03. The summed E-state index contributed by atoms with van der Waals surface area (Å²) >= 11 is 0. The molecule has 2 heterocycles. The van der Waals surface area contributed by atoms with Gasteiger partial charge in [0.25, 0.3) is 0 Å². The zero-order valence-corrected chi connectivity index (χ0v) is 16.4. The third-order valence-corrected chi connectivity index (χ3v) is 7.03. The second-order valence-corrected chi connectivity index (χ2v) is 9.61. The van der Waals surface area contributed by atoms with Crippen molar-refractivity contribution in [3.05, 3.63) is 0 Å². The Hall–Kier alpha value is -0.410. The number of Topliss-reactive ketones (excluding diaryl/α,β-unsaturated/α-hetero) is 1. The maximum atomic E-state index is 11.7. The molecule has 3 aliphatic rings. The summed E-state index contributed by atoms with van der Waals surface area (Å²) in [4.78, 5) is 17.1. The van der Waals surface area contributed by atoms with Gasteiger partial charge in [0.15, 0.2) is 0 Å². The van der Waals surface area contributed by atoms with Crippen molar-refractivity contribution in [2.45, 2.75) is 72.3 Å². The summed E-state index contributed by atoms with van der Waals surface area (Å²) in [5.41, 5.74) is 0.725. The second kappa shape index (κ2) is 7.45. The monoisotopic (exact) mass is 334 g/mol. The van der Waals surface area contributed by atoms with Crippen molar-refractivity contribution in [2.75, 3.05) is 32.7 Å². The van der Waals surface area contributed by atoms with E-state index in [-0.39, 0.29) is 5.92 Å². The van der Waals surface area contributed by atoms with Gasteiger partial charge in [0.2, 0.25) is 0 Å². The quantitative estimate of drug-likeness (QED) is 0.707. The van der Waals surface area contributed by atoms with E-state index in [9.17, 15) is 4.79 Å². The van der Waals surface area contributed by atoms with Gasteiger partial charge in [-0.3, -0.25) is 9.69 Å². The van der Waals surface area contributed by atoms with Crippen molar-refractivity contribution in [1.82, 2.24) is 9.80 Å². The molecule has 0 atom stereocenters. The minimum atomic E-state index is 0.205. The maximum Gasteiger partial charge on any atom is 0.135 e. The zero-order chi connectivity index (χ0) is 17.3. The molecular formula is C21H38N2O.